The van der Waals surface area contributed by atoms with Gasteiger partial charge in [-0.05, 0) is 13.8 Å². The van der Waals surface area contributed by atoms with E-state index in [2.05, 4.69) is 4.40 Å². The van der Waals surface area contributed by atoms with Crippen molar-refractivity contribution >= 4 is 21.7 Å². The number of rotatable bonds is 3. The molecule has 0 amide bonds. The minimum atomic E-state index is -3.79. The molecule has 0 unspecified atom stereocenters. The highest BCUT2D eigenvalue weighted by Crippen LogP contribution is 1.92. The molecule has 6 heteroatoms. The van der Waals surface area contributed by atoms with E-state index in [1.54, 1.807) is 0 Å². The third-order valence-corrected chi connectivity index (χ3v) is 1.88. The van der Waals surface area contributed by atoms with Crippen LogP contribution in [0.15, 0.2) is 4.40 Å². The Morgan fingerprint density at radius 1 is 1.45 bits per heavy atom. The highest BCUT2D eigenvalue weighted by molar-refractivity contribution is 7.90. The van der Waals surface area contributed by atoms with Gasteiger partial charge in [-0.3, -0.25) is 4.79 Å². The van der Waals surface area contributed by atoms with Crippen LogP contribution < -0.4 is 0 Å². The van der Waals surface area contributed by atoms with Gasteiger partial charge in [0, 0.05) is 5.71 Å². The third kappa shape index (κ3) is 5.53. The van der Waals surface area contributed by atoms with Crippen molar-refractivity contribution in [1.82, 2.24) is 0 Å². The molecule has 0 aromatic rings. The van der Waals surface area contributed by atoms with Crippen LogP contribution in [-0.4, -0.2) is 31.0 Å². The standard InChI is InChI=1S/C5H9NO4S/c1-4(2)6-11(9,10)3-5(7)8/h3H2,1-2H3,(H,7,8). The molecule has 0 rings (SSSR count). The molecule has 0 aromatic carbocycles. The van der Waals surface area contributed by atoms with E-state index >= 15 is 0 Å². The zero-order chi connectivity index (χ0) is 9.07. The molecule has 11 heavy (non-hydrogen) atoms. The molecule has 0 radical (unpaired) electrons. The molecule has 0 saturated heterocycles. The average Bonchev–Trinajstić information content (AvgIpc) is 1.53. The first-order valence-corrected chi connectivity index (χ1v) is 4.42. The summed E-state index contributed by atoms with van der Waals surface area (Å²) in [6, 6.07) is 0. The van der Waals surface area contributed by atoms with E-state index < -0.39 is 21.7 Å². The smallest absolute Gasteiger partial charge is 0.320 e. The fourth-order valence-corrected chi connectivity index (χ4v) is 1.40. The molecule has 0 aliphatic rings. The summed E-state index contributed by atoms with van der Waals surface area (Å²) in [7, 11) is -3.79. The van der Waals surface area contributed by atoms with Gasteiger partial charge in [0.05, 0.1) is 0 Å². The van der Waals surface area contributed by atoms with Crippen LogP contribution in [0.3, 0.4) is 0 Å². The molecule has 0 atom stereocenters. The van der Waals surface area contributed by atoms with E-state index in [-0.39, 0.29) is 0 Å². The van der Waals surface area contributed by atoms with Gasteiger partial charge in [-0.2, -0.15) is 4.40 Å². The van der Waals surface area contributed by atoms with Crippen molar-refractivity contribution in [3.05, 3.63) is 0 Å². The van der Waals surface area contributed by atoms with Gasteiger partial charge in [0.2, 0.25) is 0 Å². The second kappa shape index (κ2) is 3.47. The van der Waals surface area contributed by atoms with Crippen LogP contribution in [0.2, 0.25) is 0 Å². The predicted octanol–water partition coefficient (Wildman–Crippen LogP) is -0.118. The minimum Gasteiger partial charge on any atom is -0.480 e. The van der Waals surface area contributed by atoms with Crippen LogP contribution >= 0.6 is 0 Å². The summed E-state index contributed by atoms with van der Waals surface area (Å²) in [5.41, 5.74) is 0.325. The van der Waals surface area contributed by atoms with Crippen molar-refractivity contribution in [1.29, 1.82) is 0 Å². The number of nitrogens with zero attached hydrogens (tertiary/aromatic N) is 1. The predicted molar refractivity (Wildman–Crippen MR) is 40.2 cm³/mol. The summed E-state index contributed by atoms with van der Waals surface area (Å²) >= 11 is 0. The Labute approximate surface area is 64.8 Å². The summed E-state index contributed by atoms with van der Waals surface area (Å²) < 4.78 is 24.5. The molecular formula is C5H9NO4S. The van der Waals surface area contributed by atoms with Crippen molar-refractivity contribution in [2.75, 3.05) is 5.75 Å². The summed E-state index contributed by atoms with van der Waals surface area (Å²) in [4.78, 5) is 9.95. The topological polar surface area (TPSA) is 83.8 Å². The molecule has 64 valence electrons. The van der Waals surface area contributed by atoms with Crippen LogP contribution in [0.1, 0.15) is 13.8 Å². The largest absolute Gasteiger partial charge is 0.480 e. The van der Waals surface area contributed by atoms with Crippen LogP contribution in [0.4, 0.5) is 0 Å². The summed E-state index contributed by atoms with van der Waals surface area (Å²) in [5, 5.41) is 8.11. The highest BCUT2D eigenvalue weighted by Gasteiger charge is 2.13. The lowest BCUT2D eigenvalue weighted by molar-refractivity contribution is -0.134. The van der Waals surface area contributed by atoms with E-state index in [1.807, 2.05) is 0 Å². The van der Waals surface area contributed by atoms with Crippen molar-refractivity contribution in [3.63, 3.8) is 0 Å². The Morgan fingerprint density at radius 3 is 2.18 bits per heavy atom. The minimum absolute atomic E-state index is 0.325. The fourth-order valence-electron chi connectivity index (χ4n) is 0.466. The highest BCUT2D eigenvalue weighted by atomic mass is 32.2. The van der Waals surface area contributed by atoms with Gasteiger partial charge in [-0.1, -0.05) is 0 Å². The van der Waals surface area contributed by atoms with Crippen LogP contribution in [-0.2, 0) is 14.8 Å². The summed E-state index contributed by atoms with van der Waals surface area (Å²) in [6.45, 7) is 2.97. The van der Waals surface area contributed by atoms with Crippen LogP contribution in [0.25, 0.3) is 0 Å². The van der Waals surface area contributed by atoms with E-state index in [1.165, 1.54) is 13.8 Å². The average molecular weight is 179 g/mol. The first kappa shape index (κ1) is 10.1. The molecule has 0 heterocycles. The number of sulfonamides is 1. The number of carboxylic acid groups (broad SMARTS) is 1. The van der Waals surface area contributed by atoms with Gasteiger partial charge in [0.25, 0.3) is 10.0 Å². The van der Waals surface area contributed by atoms with E-state index in [9.17, 15) is 13.2 Å². The summed E-state index contributed by atoms with van der Waals surface area (Å²) in [5.74, 6) is -2.34. The Hall–Kier alpha value is -0.910. The molecular weight excluding hydrogens is 170 g/mol. The lowest BCUT2D eigenvalue weighted by Gasteiger charge is -1.92. The maximum absolute atomic E-state index is 10.7. The van der Waals surface area contributed by atoms with Gasteiger partial charge < -0.3 is 5.11 Å². The number of hydrogen-bond acceptors (Lipinski definition) is 3. The summed E-state index contributed by atoms with van der Waals surface area (Å²) in [6.07, 6.45) is 0. The van der Waals surface area contributed by atoms with Gasteiger partial charge in [-0.15, -0.1) is 0 Å². The Bertz CT molecular complexity index is 273. The molecule has 0 bridgehead atoms. The van der Waals surface area contributed by atoms with Crippen LogP contribution in [0.5, 0.6) is 0 Å². The molecule has 0 spiro atoms. The quantitative estimate of drug-likeness (QED) is 0.612. The zero-order valence-corrected chi connectivity index (χ0v) is 7.05. The number of carboxylic acids is 1. The fraction of sp³-hybridized carbons (Fsp3) is 0.600. The van der Waals surface area contributed by atoms with Gasteiger partial charge >= 0.3 is 5.97 Å². The van der Waals surface area contributed by atoms with E-state index in [0.29, 0.717) is 5.71 Å². The number of carbonyl (C=O) groups is 1. The van der Waals surface area contributed by atoms with Crippen molar-refractivity contribution in [2.45, 2.75) is 13.8 Å². The van der Waals surface area contributed by atoms with Gasteiger partial charge in [0.1, 0.15) is 0 Å². The normalized spacial score (nSPS) is 10.7. The lowest BCUT2D eigenvalue weighted by atomic mass is 10.5. The molecule has 5 nitrogen and oxygen atoms in total. The number of hydrogen-bond donors (Lipinski definition) is 1. The molecule has 0 fully saturated rings. The first-order chi connectivity index (χ1) is 4.83. The molecule has 0 aliphatic heterocycles. The van der Waals surface area contributed by atoms with Crippen molar-refractivity contribution in [2.24, 2.45) is 4.40 Å². The van der Waals surface area contributed by atoms with Crippen molar-refractivity contribution in [3.8, 4) is 0 Å². The molecule has 1 N–H and O–H groups in total. The van der Waals surface area contributed by atoms with E-state index in [0.717, 1.165) is 0 Å². The second-order valence-corrected chi connectivity index (χ2v) is 3.79. The van der Waals surface area contributed by atoms with Gasteiger partial charge in [0.15, 0.2) is 5.75 Å². The SMILES string of the molecule is CC(C)=NS(=O)(=O)CC(=O)O. The molecule has 0 aliphatic carbocycles. The third-order valence-electron chi connectivity index (χ3n) is 0.628. The molecule has 0 saturated carbocycles. The maximum atomic E-state index is 10.7. The first-order valence-electron chi connectivity index (χ1n) is 2.81. The zero-order valence-electron chi connectivity index (χ0n) is 6.23. The number of aliphatic carboxylic acids is 1. The Kier molecular flexibility index (Phi) is 3.18. The van der Waals surface area contributed by atoms with E-state index in [4.69, 9.17) is 5.11 Å². The van der Waals surface area contributed by atoms with Gasteiger partial charge in [-0.25, -0.2) is 8.42 Å². The van der Waals surface area contributed by atoms with Crippen molar-refractivity contribution < 1.29 is 18.3 Å². The molecule has 0 aromatic heterocycles. The lowest BCUT2D eigenvalue weighted by Crippen LogP contribution is -2.13. The second-order valence-electron chi connectivity index (χ2n) is 2.16. The Balaban J connectivity index is 4.51. The monoisotopic (exact) mass is 179 g/mol. The van der Waals surface area contributed by atoms with Crippen LogP contribution in [0, 0.1) is 0 Å². The Morgan fingerprint density at radius 2 is 1.91 bits per heavy atom. The maximum Gasteiger partial charge on any atom is 0.320 e.